The fourth-order valence-electron chi connectivity index (χ4n) is 4.41. The molecule has 9 nitrogen and oxygen atoms in total. The average Bonchev–Trinajstić information content (AvgIpc) is 3.77. The highest BCUT2D eigenvalue weighted by Crippen LogP contribution is 2.33. The standard InChI is InChI=1S/C29H34N2O7S/c1-38-23-11-13-24(14-12-23)39(36,37)31(22-9-10-22)19-28(34)25(17-20-5-3-2-4-6-20)30-29(35)16-8-21-7-15-26(32)27(33)18-21/h2-7,11-15,18,22,25,28,32-34H,8-10,16-17,19H2,1H3,(H,30,35)/t25-,28+/m0/s1. The molecule has 3 aromatic carbocycles. The normalized spacial score (nSPS) is 15.1. The zero-order valence-electron chi connectivity index (χ0n) is 21.7. The van der Waals surface area contributed by atoms with Crippen molar-refractivity contribution in [3.05, 3.63) is 83.9 Å². The third-order valence-corrected chi connectivity index (χ3v) is 8.71. The van der Waals surface area contributed by atoms with Gasteiger partial charge in [0.25, 0.3) is 0 Å². The van der Waals surface area contributed by atoms with E-state index in [0.29, 0.717) is 37.0 Å². The number of rotatable bonds is 13. The number of carbonyl (C=O) groups excluding carboxylic acids is 1. The molecule has 0 radical (unpaired) electrons. The SMILES string of the molecule is COc1ccc(S(=O)(=O)N(C[C@@H](O)[C@H](Cc2ccccc2)NC(=O)CCc2ccc(O)c(O)c2)C2CC2)cc1. The van der Waals surface area contributed by atoms with Crippen molar-refractivity contribution < 1.29 is 33.3 Å². The molecule has 3 aromatic rings. The van der Waals surface area contributed by atoms with E-state index >= 15 is 0 Å². The molecule has 39 heavy (non-hydrogen) atoms. The molecule has 0 aliphatic heterocycles. The molecule has 0 unspecified atom stereocenters. The van der Waals surface area contributed by atoms with Gasteiger partial charge in [-0.2, -0.15) is 4.31 Å². The number of aliphatic hydroxyl groups excluding tert-OH is 1. The third kappa shape index (κ3) is 7.50. The van der Waals surface area contributed by atoms with Gasteiger partial charge in [0.05, 0.1) is 24.2 Å². The zero-order chi connectivity index (χ0) is 28.0. The Morgan fingerprint density at radius 2 is 1.69 bits per heavy atom. The zero-order valence-corrected chi connectivity index (χ0v) is 22.5. The van der Waals surface area contributed by atoms with E-state index in [1.165, 1.54) is 35.7 Å². The Labute approximate surface area is 228 Å². The number of sulfonamides is 1. The first-order chi connectivity index (χ1) is 18.7. The number of methoxy groups -OCH3 is 1. The van der Waals surface area contributed by atoms with Crippen LogP contribution in [0.15, 0.2) is 77.7 Å². The topological polar surface area (TPSA) is 136 Å². The summed E-state index contributed by atoms with van der Waals surface area (Å²) in [6.45, 7) is -0.164. The maximum absolute atomic E-state index is 13.5. The minimum Gasteiger partial charge on any atom is -0.504 e. The highest BCUT2D eigenvalue weighted by atomic mass is 32.2. The van der Waals surface area contributed by atoms with Crippen LogP contribution in [0, 0.1) is 0 Å². The number of hydrogen-bond acceptors (Lipinski definition) is 7. The molecule has 4 N–H and O–H groups in total. The van der Waals surface area contributed by atoms with Crippen LogP contribution in [0.5, 0.6) is 17.2 Å². The number of phenolic OH excluding ortho intramolecular Hbond substituents is 2. The highest BCUT2D eigenvalue weighted by molar-refractivity contribution is 7.89. The molecule has 2 atom stereocenters. The lowest BCUT2D eigenvalue weighted by Crippen LogP contribution is -2.51. The number of aromatic hydroxyl groups is 2. The average molecular weight is 555 g/mol. The summed E-state index contributed by atoms with van der Waals surface area (Å²) in [4.78, 5) is 13.0. The van der Waals surface area contributed by atoms with Crippen LogP contribution in [0.2, 0.25) is 0 Å². The van der Waals surface area contributed by atoms with Crippen molar-refractivity contribution in [3.8, 4) is 17.2 Å². The fraction of sp³-hybridized carbons (Fsp3) is 0.345. The van der Waals surface area contributed by atoms with Gasteiger partial charge in [-0.1, -0.05) is 36.4 Å². The van der Waals surface area contributed by atoms with Gasteiger partial charge in [0.15, 0.2) is 11.5 Å². The molecule has 1 saturated carbocycles. The molecule has 0 bridgehead atoms. The van der Waals surface area contributed by atoms with E-state index in [2.05, 4.69) is 5.32 Å². The van der Waals surface area contributed by atoms with Crippen LogP contribution >= 0.6 is 0 Å². The summed E-state index contributed by atoms with van der Waals surface area (Å²) in [6.07, 6.45) is 0.955. The van der Waals surface area contributed by atoms with Crippen molar-refractivity contribution in [2.75, 3.05) is 13.7 Å². The van der Waals surface area contributed by atoms with Crippen LogP contribution in [0.25, 0.3) is 0 Å². The first-order valence-electron chi connectivity index (χ1n) is 12.9. The lowest BCUT2D eigenvalue weighted by molar-refractivity contribution is -0.122. The van der Waals surface area contributed by atoms with Crippen LogP contribution < -0.4 is 10.1 Å². The van der Waals surface area contributed by atoms with E-state index in [1.807, 2.05) is 30.3 Å². The Morgan fingerprint density at radius 1 is 1.00 bits per heavy atom. The molecule has 0 heterocycles. The van der Waals surface area contributed by atoms with Crippen molar-refractivity contribution in [2.45, 2.75) is 55.2 Å². The number of aliphatic hydroxyl groups is 1. The second kappa shape index (κ2) is 12.5. The van der Waals surface area contributed by atoms with Crippen molar-refractivity contribution in [1.82, 2.24) is 9.62 Å². The van der Waals surface area contributed by atoms with Crippen LogP contribution in [0.3, 0.4) is 0 Å². The minimum atomic E-state index is -3.89. The second-order valence-electron chi connectivity index (χ2n) is 9.74. The molecule has 208 valence electrons. The Morgan fingerprint density at radius 3 is 2.31 bits per heavy atom. The van der Waals surface area contributed by atoms with E-state index in [9.17, 15) is 28.5 Å². The first kappa shape index (κ1) is 28.4. The lowest BCUT2D eigenvalue weighted by atomic mass is 10.0. The predicted molar refractivity (Wildman–Crippen MR) is 146 cm³/mol. The Kier molecular flexibility index (Phi) is 9.11. The van der Waals surface area contributed by atoms with E-state index < -0.39 is 22.2 Å². The molecule has 0 spiro atoms. The van der Waals surface area contributed by atoms with Crippen LogP contribution in [0.1, 0.15) is 30.4 Å². The summed E-state index contributed by atoms with van der Waals surface area (Å²) in [7, 11) is -2.38. The van der Waals surface area contributed by atoms with Gasteiger partial charge in [-0.25, -0.2) is 8.42 Å². The molecule has 1 amide bonds. The van der Waals surface area contributed by atoms with Gasteiger partial charge in [0, 0.05) is 19.0 Å². The Balaban J connectivity index is 1.49. The number of phenols is 2. The largest absolute Gasteiger partial charge is 0.504 e. The molecule has 1 aliphatic carbocycles. The molecule has 1 fully saturated rings. The number of hydrogen-bond donors (Lipinski definition) is 4. The number of ether oxygens (including phenoxy) is 1. The summed E-state index contributed by atoms with van der Waals surface area (Å²) >= 11 is 0. The summed E-state index contributed by atoms with van der Waals surface area (Å²) in [5, 5.41) is 33.4. The van der Waals surface area contributed by atoms with Crippen LogP contribution in [-0.4, -0.2) is 65.8 Å². The van der Waals surface area contributed by atoms with E-state index in [4.69, 9.17) is 4.74 Å². The Hall–Kier alpha value is -3.60. The highest BCUT2D eigenvalue weighted by Gasteiger charge is 2.40. The van der Waals surface area contributed by atoms with E-state index in [1.54, 1.807) is 18.2 Å². The van der Waals surface area contributed by atoms with Gasteiger partial charge in [-0.05, 0) is 73.2 Å². The minimum absolute atomic E-state index is 0.0821. The van der Waals surface area contributed by atoms with Gasteiger partial charge >= 0.3 is 0 Å². The van der Waals surface area contributed by atoms with Crippen molar-refractivity contribution in [3.63, 3.8) is 0 Å². The maximum Gasteiger partial charge on any atom is 0.243 e. The molecule has 1 aliphatic rings. The van der Waals surface area contributed by atoms with Crippen molar-refractivity contribution in [2.24, 2.45) is 0 Å². The predicted octanol–water partition coefficient (Wildman–Crippen LogP) is 2.98. The van der Waals surface area contributed by atoms with Gasteiger partial charge in [-0.15, -0.1) is 0 Å². The number of amides is 1. The van der Waals surface area contributed by atoms with E-state index in [0.717, 1.165) is 5.56 Å². The third-order valence-electron chi connectivity index (χ3n) is 6.78. The van der Waals surface area contributed by atoms with Gasteiger partial charge in [-0.3, -0.25) is 4.79 Å². The second-order valence-corrected chi connectivity index (χ2v) is 11.6. The first-order valence-corrected chi connectivity index (χ1v) is 14.3. The number of benzene rings is 3. The lowest BCUT2D eigenvalue weighted by Gasteiger charge is -2.30. The summed E-state index contributed by atoms with van der Waals surface area (Å²) in [5.74, 6) is -0.277. The summed E-state index contributed by atoms with van der Waals surface area (Å²) < 4.78 is 33.5. The number of aryl methyl sites for hydroxylation is 1. The smallest absolute Gasteiger partial charge is 0.243 e. The van der Waals surface area contributed by atoms with E-state index in [-0.39, 0.29) is 41.3 Å². The number of nitrogens with zero attached hydrogens (tertiary/aromatic N) is 1. The molecule has 4 rings (SSSR count). The van der Waals surface area contributed by atoms with Crippen molar-refractivity contribution >= 4 is 15.9 Å². The molecular weight excluding hydrogens is 520 g/mol. The summed E-state index contributed by atoms with van der Waals surface area (Å²) in [6, 6.07) is 19.0. The quantitative estimate of drug-likeness (QED) is 0.239. The van der Waals surface area contributed by atoms with Crippen molar-refractivity contribution in [1.29, 1.82) is 0 Å². The molecule has 10 heteroatoms. The van der Waals surface area contributed by atoms with Gasteiger partial charge in [0.2, 0.25) is 15.9 Å². The number of nitrogens with one attached hydrogen (secondary N) is 1. The molecule has 0 saturated heterocycles. The summed E-state index contributed by atoms with van der Waals surface area (Å²) in [5.41, 5.74) is 1.56. The van der Waals surface area contributed by atoms with Crippen LogP contribution in [0.4, 0.5) is 0 Å². The monoisotopic (exact) mass is 554 g/mol. The fourth-order valence-corrected chi connectivity index (χ4v) is 6.12. The Bertz CT molecular complexity index is 1360. The van der Waals surface area contributed by atoms with Gasteiger partial charge < -0.3 is 25.4 Å². The molecular formula is C29H34N2O7S. The number of carbonyl (C=O) groups is 1. The maximum atomic E-state index is 13.5. The van der Waals surface area contributed by atoms with Crippen LogP contribution in [-0.2, 0) is 27.7 Å². The molecule has 0 aromatic heterocycles. The van der Waals surface area contributed by atoms with Gasteiger partial charge in [0.1, 0.15) is 5.75 Å².